The Morgan fingerprint density at radius 3 is 2.36 bits per heavy atom. The van der Waals surface area contributed by atoms with Crippen LogP contribution in [-0.4, -0.2) is 26.6 Å². The highest BCUT2D eigenvalue weighted by Crippen LogP contribution is 2.47. The molecule has 3 aliphatic rings. The van der Waals surface area contributed by atoms with Crippen LogP contribution in [0.1, 0.15) is 56.9 Å². The van der Waals surface area contributed by atoms with Crippen molar-refractivity contribution in [3.05, 3.63) is 29.8 Å². The lowest BCUT2D eigenvalue weighted by Crippen LogP contribution is -2.52. The topological polar surface area (TPSA) is 63.2 Å². The minimum atomic E-state index is -3.20. The number of carbonyl (C=O) groups is 1. The molecule has 0 aromatic heterocycles. The van der Waals surface area contributed by atoms with Crippen molar-refractivity contribution >= 4 is 15.7 Å². The lowest BCUT2D eigenvalue weighted by Gasteiger charge is -2.42. The van der Waals surface area contributed by atoms with E-state index in [1.165, 1.54) is 31.9 Å². The summed E-state index contributed by atoms with van der Waals surface area (Å²) in [5.74, 6) is 1.65. The van der Waals surface area contributed by atoms with Crippen molar-refractivity contribution in [2.75, 3.05) is 6.26 Å². The van der Waals surface area contributed by atoms with Gasteiger partial charge in [-0.05, 0) is 61.6 Å². The normalized spacial score (nSPS) is 30.5. The molecule has 4 nitrogen and oxygen atoms in total. The van der Waals surface area contributed by atoms with Crippen LogP contribution in [0.15, 0.2) is 29.2 Å². The van der Waals surface area contributed by atoms with E-state index in [0.717, 1.165) is 37.2 Å². The highest BCUT2D eigenvalue weighted by Gasteiger charge is 2.48. The van der Waals surface area contributed by atoms with Crippen LogP contribution in [-0.2, 0) is 20.0 Å². The highest BCUT2D eigenvalue weighted by atomic mass is 32.2. The zero-order chi connectivity index (χ0) is 17.7. The van der Waals surface area contributed by atoms with Crippen LogP contribution >= 0.6 is 0 Å². The molecule has 0 spiro atoms. The van der Waals surface area contributed by atoms with Gasteiger partial charge in [0.2, 0.25) is 5.91 Å². The van der Waals surface area contributed by atoms with E-state index in [0.29, 0.717) is 16.9 Å². The number of hydrogen-bond acceptors (Lipinski definition) is 3. The molecule has 5 heteroatoms. The number of nitrogens with one attached hydrogen (secondary N) is 1. The summed E-state index contributed by atoms with van der Waals surface area (Å²) in [6.45, 7) is 0. The van der Waals surface area contributed by atoms with Crippen molar-refractivity contribution in [3.63, 3.8) is 0 Å². The Hall–Kier alpha value is -1.36. The molecule has 4 rings (SSSR count). The first-order valence-electron chi connectivity index (χ1n) is 9.52. The van der Waals surface area contributed by atoms with E-state index in [1.54, 1.807) is 12.1 Å². The number of hydrogen-bond donors (Lipinski definition) is 1. The molecule has 136 valence electrons. The van der Waals surface area contributed by atoms with Gasteiger partial charge < -0.3 is 5.32 Å². The lowest BCUT2D eigenvalue weighted by atomic mass is 9.63. The van der Waals surface area contributed by atoms with Gasteiger partial charge in [0.15, 0.2) is 9.84 Å². The van der Waals surface area contributed by atoms with Crippen LogP contribution in [0.5, 0.6) is 0 Å². The standard InChI is InChI=1S/C20H27NO3S/c1-25(23,24)16-9-7-15(8-10-16)20(12-3-13-20)19(22)21-18-11-6-14-4-2-5-17(14)18/h7-10,14,17-18H,2-6,11-13H2,1H3,(H,21,22)/t14-,17-,18-/m0/s1. The second-order valence-corrected chi connectivity index (χ2v) is 10.3. The molecule has 3 aliphatic carbocycles. The molecular formula is C20H27NO3S. The maximum atomic E-state index is 13.1. The molecule has 1 N–H and O–H groups in total. The quantitative estimate of drug-likeness (QED) is 0.896. The van der Waals surface area contributed by atoms with Crippen molar-refractivity contribution in [3.8, 4) is 0 Å². The Morgan fingerprint density at radius 1 is 1.04 bits per heavy atom. The van der Waals surface area contributed by atoms with Crippen molar-refractivity contribution in [1.29, 1.82) is 0 Å². The van der Waals surface area contributed by atoms with Gasteiger partial charge in [0, 0.05) is 12.3 Å². The zero-order valence-corrected chi connectivity index (χ0v) is 15.6. The predicted molar refractivity (Wildman–Crippen MR) is 97.1 cm³/mol. The van der Waals surface area contributed by atoms with E-state index in [1.807, 2.05) is 12.1 Å². The van der Waals surface area contributed by atoms with Gasteiger partial charge >= 0.3 is 0 Å². The molecule has 0 heterocycles. The minimum absolute atomic E-state index is 0.156. The van der Waals surface area contributed by atoms with Gasteiger partial charge in [-0.1, -0.05) is 31.4 Å². The number of sulfone groups is 1. The monoisotopic (exact) mass is 361 g/mol. The Balaban J connectivity index is 1.53. The SMILES string of the molecule is CS(=O)(=O)c1ccc(C2(C(=O)N[C@H]3CC[C@@H]4CCC[C@@H]43)CCC2)cc1. The molecule has 25 heavy (non-hydrogen) atoms. The molecule has 3 fully saturated rings. The van der Waals surface area contributed by atoms with E-state index in [-0.39, 0.29) is 5.91 Å². The summed E-state index contributed by atoms with van der Waals surface area (Å²) in [5.41, 5.74) is 0.511. The molecule has 0 saturated heterocycles. The summed E-state index contributed by atoms with van der Waals surface area (Å²) in [4.78, 5) is 13.5. The van der Waals surface area contributed by atoms with Gasteiger partial charge in [-0.25, -0.2) is 8.42 Å². The maximum Gasteiger partial charge on any atom is 0.230 e. The van der Waals surface area contributed by atoms with E-state index >= 15 is 0 Å². The Morgan fingerprint density at radius 2 is 1.76 bits per heavy atom. The highest BCUT2D eigenvalue weighted by molar-refractivity contribution is 7.90. The molecule has 0 radical (unpaired) electrons. The number of fused-ring (bicyclic) bond motifs is 1. The second kappa shape index (κ2) is 6.11. The van der Waals surface area contributed by atoms with Crippen LogP contribution in [0.25, 0.3) is 0 Å². The van der Waals surface area contributed by atoms with Crippen LogP contribution in [0.4, 0.5) is 0 Å². The number of carbonyl (C=O) groups excluding carboxylic acids is 1. The largest absolute Gasteiger partial charge is 0.352 e. The van der Waals surface area contributed by atoms with Gasteiger partial charge in [0.05, 0.1) is 10.3 Å². The van der Waals surface area contributed by atoms with Crippen molar-refractivity contribution in [2.45, 2.75) is 67.7 Å². The lowest BCUT2D eigenvalue weighted by molar-refractivity contribution is -0.131. The zero-order valence-electron chi connectivity index (χ0n) is 14.8. The van der Waals surface area contributed by atoms with Crippen LogP contribution < -0.4 is 5.32 Å². The third-order valence-electron chi connectivity index (χ3n) is 6.88. The average Bonchev–Trinajstić information content (AvgIpc) is 3.11. The fourth-order valence-electron chi connectivity index (χ4n) is 5.25. The third kappa shape index (κ3) is 2.90. The Kier molecular flexibility index (Phi) is 4.18. The molecule has 1 aromatic rings. The Bertz CT molecular complexity index is 765. The molecule has 1 amide bonds. The first kappa shape index (κ1) is 17.1. The summed E-state index contributed by atoms with van der Waals surface area (Å²) >= 11 is 0. The first-order chi connectivity index (χ1) is 11.9. The van der Waals surface area contributed by atoms with E-state index in [9.17, 15) is 13.2 Å². The molecule has 0 unspecified atom stereocenters. The predicted octanol–water partition coefficient (Wildman–Crippen LogP) is 3.21. The second-order valence-electron chi connectivity index (χ2n) is 8.24. The van der Waals surface area contributed by atoms with Crippen LogP contribution in [0.2, 0.25) is 0 Å². The van der Waals surface area contributed by atoms with Crippen molar-refractivity contribution in [2.24, 2.45) is 11.8 Å². The first-order valence-corrected chi connectivity index (χ1v) is 11.4. The molecular weight excluding hydrogens is 334 g/mol. The smallest absolute Gasteiger partial charge is 0.230 e. The fraction of sp³-hybridized carbons (Fsp3) is 0.650. The maximum absolute atomic E-state index is 13.1. The van der Waals surface area contributed by atoms with Crippen molar-refractivity contribution in [1.82, 2.24) is 5.32 Å². The van der Waals surface area contributed by atoms with Crippen LogP contribution in [0.3, 0.4) is 0 Å². The number of rotatable bonds is 4. The molecule has 0 bridgehead atoms. The summed E-state index contributed by atoms with van der Waals surface area (Å²) in [7, 11) is -3.20. The van der Waals surface area contributed by atoms with E-state index in [4.69, 9.17) is 0 Å². The van der Waals surface area contributed by atoms with Gasteiger partial charge in [-0.3, -0.25) is 4.79 Å². The van der Waals surface area contributed by atoms with Gasteiger partial charge in [0.1, 0.15) is 0 Å². The number of amides is 1. The van der Waals surface area contributed by atoms with Crippen LogP contribution in [0, 0.1) is 11.8 Å². The summed E-state index contributed by atoms with van der Waals surface area (Å²) < 4.78 is 23.3. The summed E-state index contributed by atoms with van der Waals surface area (Å²) in [5, 5.41) is 3.38. The number of benzene rings is 1. The molecule has 1 aromatic carbocycles. The summed E-state index contributed by atoms with van der Waals surface area (Å²) in [6, 6.07) is 7.29. The average molecular weight is 362 g/mol. The van der Waals surface area contributed by atoms with E-state index < -0.39 is 15.3 Å². The Labute approximate surface area is 150 Å². The molecule has 0 aliphatic heterocycles. The minimum Gasteiger partial charge on any atom is -0.352 e. The molecule has 3 saturated carbocycles. The van der Waals surface area contributed by atoms with Gasteiger partial charge in [-0.15, -0.1) is 0 Å². The third-order valence-corrected chi connectivity index (χ3v) is 8.00. The van der Waals surface area contributed by atoms with E-state index in [2.05, 4.69) is 5.32 Å². The van der Waals surface area contributed by atoms with Gasteiger partial charge in [-0.2, -0.15) is 0 Å². The molecule has 3 atom stereocenters. The van der Waals surface area contributed by atoms with Crippen molar-refractivity contribution < 1.29 is 13.2 Å². The fourth-order valence-corrected chi connectivity index (χ4v) is 5.88. The van der Waals surface area contributed by atoms with Gasteiger partial charge in [0.25, 0.3) is 0 Å². The summed E-state index contributed by atoms with van der Waals surface area (Å²) in [6.07, 6.45) is 10.2.